The van der Waals surface area contributed by atoms with Gasteiger partial charge in [0, 0.05) is 12.3 Å². The maximum atomic E-state index is 12.1. The molecule has 0 radical (unpaired) electrons. The fourth-order valence-electron chi connectivity index (χ4n) is 1.50. The van der Waals surface area contributed by atoms with Crippen molar-refractivity contribution in [1.82, 2.24) is 9.97 Å². The number of hydrogen-bond acceptors (Lipinski definition) is 5. The van der Waals surface area contributed by atoms with Crippen molar-refractivity contribution >= 4 is 11.6 Å². The van der Waals surface area contributed by atoms with Crippen LogP contribution in [0.5, 0.6) is 11.8 Å². The van der Waals surface area contributed by atoms with E-state index >= 15 is 0 Å². The minimum absolute atomic E-state index is 0.279. The summed E-state index contributed by atoms with van der Waals surface area (Å²) in [5.41, 5.74) is 0.928. The van der Waals surface area contributed by atoms with Gasteiger partial charge in [0.05, 0.1) is 26.1 Å². The molecule has 1 amide bonds. The summed E-state index contributed by atoms with van der Waals surface area (Å²) in [6, 6.07) is 6.67. The highest BCUT2D eigenvalue weighted by molar-refractivity contribution is 6.05. The molecule has 0 saturated carbocycles. The fraction of sp³-hybridized carbons (Fsp3) is 0.154. The van der Waals surface area contributed by atoms with E-state index in [9.17, 15) is 4.79 Å². The first-order chi connectivity index (χ1) is 9.24. The average molecular weight is 259 g/mol. The summed E-state index contributed by atoms with van der Waals surface area (Å²) in [5.74, 6) is 0.454. The maximum Gasteiger partial charge on any atom is 0.261 e. The smallest absolute Gasteiger partial charge is 0.261 e. The van der Waals surface area contributed by atoms with Gasteiger partial charge in [-0.1, -0.05) is 0 Å². The summed E-state index contributed by atoms with van der Waals surface area (Å²) in [5, 5.41) is 2.71. The Bertz CT molecular complexity index is 570. The topological polar surface area (TPSA) is 73.3 Å². The molecule has 0 unspecified atom stereocenters. The normalized spacial score (nSPS) is 9.79. The molecule has 6 heteroatoms. The highest BCUT2D eigenvalue weighted by Crippen LogP contribution is 2.17. The average Bonchev–Trinajstić information content (AvgIpc) is 2.48. The van der Waals surface area contributed by atoms with Crippen LogP contribution in [0.2, 0.25) is 0 Å². The molecule has 2 aromatic rings. The van der Waals surface area contributed by atoms with E-state index in [0.29, 0.717) is 17.1 Å². The van der Waals surface area contributed by atoms with Gasteiger partial charge in [-0.15, -0.1) is 0 Å². The number of hydrogen-bond donors (Lipinski definition) is 1. The van der Waals surface area contributed by atoms with Crippen LogP contribution in [0.15, 0.2) is 36.7 Å². The van der Waals surface area contributed by atoms with Gasteiger partial charge in [0.1, 0.15) is 5.56 Å². The molecule has 0 aromatic carbocycles. The first-order valence-corrected chi connectivity index (χ1v) is 5.55. The van der Waals surface area contributed by atoms with Gasteiger partial charge in [-0.25, -0.2) is 9.97 Å². The number of aromatic nitrogens is 2. The number of rotatable bonds is 4. The number of nitrogens with one attached hydrogen (secondary N) is 1. The molecular formula is C13H13N3O3. The molecule has 2 rings (SSSR count). The third-order valence-electron chi connectivity index (χ3n) is 2.41. The number of pyridine rings is 2. The van der Waals surface area contributed by atoms with Gasteiger partial charge in [0.15, 0.2) is 0 Å². The summed E-state index contributed by atoms with van der Waals surface area (Å²) < 4.78 is 9.97. The van der Waals surface area contributed by atoms with Crippen LogP contribution in [-0.2, 0) is 0 Å². The molecule has 19 heavy (non-hydrogen) atoms. The Balaban J connectivity index is 2.16. The highest BCUT2D eigenvalue weighted by atomic mass is 16.5. The molecule has 2 heterocycles. The van der Waals surface area contributed by atoms with E-state index in [0.717, 1.165) is 0 Å². The minimum atomic E-state index is -0.308. The van der Waals surface area contributed by atoms with Gasteiger partial charge >= 0.3 is 0 Å². The second kappa shape index (κ2) is 5.81. The third-order valence-corrected chi connectivity index (χ3v) is 2.41. The Morgan fingerprint density at radius 2 is 2.00 bits per heavy atom. The number of carbonyl (C=O) groups excluding carboxylic acids is 1. The van der Waals surface area contributed by atoms with Crippen molar-refractivity contribution in [2.45, 2.75) is 0 Å². The van der Waals surface area contributed by atoms with Crippen LogP contribution in [-0.4, -0.2) is 30.1 Å². The van der Waals surface area contributed by atoms with Gasteiger partial charge in [-0.3, -0.25) is 4.79 Å². The van der Waals surface area contributed by atoms with Crippen molar-refractivity contribution in [3.05, 3.63) is 42.2 Å². The van der Waals surface area contributed by atoms with Crippen molar-refractivity contribution in [2.24, 2.45) is 0 Å². The van der Waals surface area contributed by atoms with Gasteiger partial charge in [0.2, 0.25) is 11.8 Å². The Morgan fingerprint density at radius 1 is 1.16 bits per heavy atom. The van der Waals surface area contributed by atoms with E-state index in [-0.39, 0.29) is 11.8 Å². The molecule has 2 aromatic heterocycles. The van der Waals surface area contributed by atoms with E-state index in [2.05, 4.69) is 15.3 Å². The van der Waals surface area contributed by atoms with Gasteiger partial charge in [-0.2, -0.15) is 0 Å². The lowest BCUT2D eigenvalue weighted by molar-refractivity contribution is 0.102. The van der Waals surface area contributed by atoms with Crippen molar-refractivity contribution in [1.29, 1.82) is 0 Å². The van der Waals surface area contributed by atoms with Crippen LogP contribution in [0, 0.1) is 0 Å². The zero-order valence-electron chi connectivity index (χ0n) is 10.6. The molecule has 0 fully saturated rings. The van der Waals surface area contributed by atoms with E-state index < -0.39 is 0 Å². The van der Waals surface area contributed by atoms with Gasteiger partial charge in [-0.05, 0) is 18.2 Å². The van der Waals surface area contributed by atoms with E-state index in [1.807, 2.05) is 0 Å². The molecule has 0 aliphatic rings. The summed E-state index contributed by atoms with van der Waals surface area (Å²) in [6.07, 6.45) is 3.07. The molecule has 0 aliphatic heterocycles. The van der Waals surface area contributed by atoms with E-state index in [1.165, 1.54) is 20.4 Å². The molecular weight excluding hydrogens is 246 g/mol. The lowest BCUT2D eigenvalue weighted by Gasteiger charge is -2.08. The fourth-order valence-corrected chi connectivity index (χ4v) is 1.50. The lowest BCUT2D eigenvalue weighted by atomic mass is 10.2. The van der Waals surface area contributed by atoms with Crippen LogP contribution in [0.1, 0.15) is 10.4 Å². The first-order valence-electron chi connectivity index (χ1n) is 5.55. The number of anilines is 1. The SMILES string of the molecule is COc1ccc(NC(=O)c2cccnc2OC)cn1. The second-order valence-electron chi connectivity index (χ2n) is 3.60. The van der Waals surface area contributed by atoms with Crippen LogP contribution >= 0.6 is 0 Å². The Labute approximate surface area is 110 Å². The zero-order chi connectivity index (χ0) is 13.7. The van der Waals surface area contributed by atoms with Crippen molar-refractivity contribution in [3.8, 4) is 11.8 Å². The molecule has 0 saturated heterocycles. The summed E-state index contributed by atoms with van der Waals surface area (Å²) in [4.78, 5) is 20.0. The Morgan fingerprint density at radius 3 is 2.63 bits per heavy atom. The van der Waals surface area contributed by atoms with Crippen molar-refractivity contribution in [3.63, 3.8) is 0 Å². The van der Waals surface area contributed by atoms with Crippen LogP contribution < -0.4 is 14.8 Å². The Hall–Kier alpha value is -2.63. The van der Waals surface area contributed by atoms with Crippen LogP contribution in [0.25, 0.3) is 0 Å². The first kappa shape index (κ1) is 12.8. The molecule has 1 N–H and O–H groups in total. The predicted molar refractivity (Wildman–Crippen MR) is 69.5 cm³/mol. The molecule has 98 valence electrons. The van der Waals surface area contributed by atoms with Crippen LogP contribution in [0.4, 0.5) is 5.69 Å². The number of amides is 1. The van der Waals surface area contributed by atoms with E-state index in [1.54, 1.807) is 30.5 Å². The standard InChI is InChI=1S/C13H13N3O3/c1-18-11-6-5-9(8-15-11)16-12(17)10-4-3-7-14-13(10)19-2/h3-8H,1-2H3,(H,16,17). The summed E-state index contributed by atoms with van der Waals surface area (Å²) >= 11 is 0. The monoisotopic (exact) mass is 259 g/mol. The van der Waals surface area contributed by atoms with Crippen molar-refractivity contribution in [2.75, 3.05) is 19.5 Å². The summed E-state index contributed by atoms with van der Waals surface area (Å²) in [6.45, 7) is 0. The lowest BCUT2D eigenvalue weighted by Crippen LogP contribution is -2.13. The molecule has 0 atom stereocenters. The maximum absolute atomic E-state index is 12.1. The number of nitrogens with zero attached hydrogens (tertiary/aromatic N) is 2. The summed E-state index contributed by atoms with van der Waals surface area (Å²) in [7, 11) is 3.00. The largest absolute Gasteiger partial charge is 0.481 e. The van der Waals surface area contributed by atoms with Crippen molar-refractivity contribution < 1.29 is 14.3 Å². The number of carbonyl (C=O) groups is 1. The zero-order valence-corrected chi connectivity index (χ0v) is 10.6. The molecule has 0 bridgehead atoms. The van der Waals surface area contributed by atoms with Crippen LogP contribution in [0.3, 0.4) is 0 Å². The third kappa shape index (κ3) is 2.98. The quantitative estimate of drug-likeness (QED) is 0.905. The highest BCUT2D eigenvalue weighted by Gasteiger charge is 2.12. The minimum Gasteiger partial charge on any atom is -0.481 e. The molecule has 6 nitrogen and oxygen atoms in total. The number of ether oxygens (including phenoxy) is 2. The molecule has 0 aliphatic carbocycles. The second-order valence-corrected chi connectivity index (χ2v) is 3.60. The molecule has 0 spiro atoms. The van der Waals surface area contributed by atoms with Gasteiger partial charge < -0.3 is 14.8 Å². The predicted octanol–water partition coefficient (Wildman–Crippen LogP) is 1.75. The number of methoxy groups -OCH3 is 2. The van der Waals surface area contributed by atoms with E-state index in [4.69, 9.17) is 9.47 Å². The Kier molecular flexibility index (Phi) is 3.92. The van der Waals surface area contributed by atoms with Gasteiger partial charge in [0.25, 0.3) is 5.91 Å².